The molecule has 23 heavy (non-hydrogen) atoms. The fourth-order valence-electron chi connectivity index (χ4n) is 2.38. The molecular formula is C18H17N3O2. The molecule has 0 aliphatic heterocycles. The number of aromatic amines is 1. The zero-order valence-electron chi connectivity index (χ0n) is 13.0. The molecule has 1 amide bonds. The Morgan fingerprint density at radius 1 is 1.17 bits per heavy atom. The Hall–Kier alpha value is -2.95. The Morgan fingerprint density at radius 3 is 2.61 bits per heavy atom. The van der Waals surface area contributed by atoms with Crippen molar-refractivity contribution in [1.29, 1.82) is 0 Å². The molecule has 3 rings (SSSR count). The number of nitrogens with one attached hydrogen (secondary N) is 1. The summed E-state index contributed by atoms with van der Waals surface area (Å²) in [6.07, 6.45) is 0.876. The molecular weight excluding hydrogens is 290 g/mol. The first-order valence-electron chi connectivity index (χ1n) is 7.45. The number of amides is 1. The second-order valence-corrected chi connectivity index (χ2v) is 5.43. The summed E-state index contributed by atoms with van der Waals surface area (Å²) in [5, 5.41) is 18.5. The van der Waals surface area contributed by atoms with E-state index in [-0.39, 0.29) is 11.6 Å². The van der Waals surface area contributed by atoms with Crippen LogP contribution in [0.2, 0.25) is 0 Å². The first-order valence-corrected chi connectivity index (χ1v) is 7.45. The Bertz CT molecular complexity index is 893. The normalized spacial score (nSPS) is 11.4. The first-order chi connectivity index (χ1) is 11.1. The molecule has 0 radical (unpaired) electrons. The minimum absolute atomic E-state index is 0.0892. The average Bonchev–Trinajstić information content (AvgIpc) is 2.87. The number of nitrogens with zero attached hydrogens (tertiary/aromatic N) is 2. The minimum atomic E-state index is -0.439. The molecule has 5 heteroatoms. The number of carbonyl (C=O) groups excluding carboxylic acids is 1. The molecule has 0 saturated heterocycles. The third kappa shape index (κ3) is 2.99. The molecule has 1 heterocycles. The van der Waals surface area contributed by atoms with E-state index < -0.39 is 5.91 Å². The average molecular weight is 307 g/mol. The number of aromatic nitrogens is 1. The van der Waals surface area contributed by atoms with Crippen LogP contribution in [0.5, 0.6) is 5.88 Å². The lowest BCUT2D eigenvalue weighted by Gasteiger charge is -1.97. The van der Waals surface area contributed by atoms with Crippen molar-refractivity contribution in [2.45, 2.75) is 20.3 Å². The Labute approximate surface area is 133 Å². The molecule has 0 atom stereocenters. The number of hydrogen-bond acceptors (Lipinski definition) is 3. The number of hydrogen-bond donors (Lipinski definition) is 2. The van der Waals surface area contributed by atoms with Crippen LogP contribution in [0, 0.1) is 6.92 Å². The highest BCUT2D eigenvalue weighted by molar-refractivity contribution is 5.97. The summed E-state index contributed by atoms with van der Waals surface area (Å²) in [7, 11) is 0. The molecule has 0 spiro atoms. The molecule has 0 bridgehead atoms. The van der Waals surface area contributed by atoms with Gasteiger partial charge in [-0.15, -0.1) is 10.2 Å². The van der Waals surface area contributed by atoms with Gasteiger partial charge in [-0.2, -0.15) is 0 Å². The maximum absolute atomic E-state index is 12.1. The number of benzene rings is 2. The van der Waals surface area contributed by atoms with E-state index in [2.05, 4.69) is 22.1 Å². The van der Waals surface area contributed by atoms with Gasteiger partial charge in [0.05, 0.1) is 5.52 Å². The summed E-state index contributed by atoms with van der Waals surface area (Å²) < 4.78 is 0. The first kappa shape index (κ1) is 15.0. The molecule has 0 aliphatic rings. The highest BCUT2D eigenvalue weighted by Crippen LogP contribution is 2.36. The molecule has 0 unspecified atom stereocenters. The van der Waals surface area contributed by atoms with Crippen LogP contribution in [0.1, 0.15) is 28.4 Å². The number of fused-ring (bicyclic) bond motifs is 1. The fraction of sp³-hybridized carbons (Fsp3) is 0.167. The lowest BCUT2D eigenvalue weighted by atomic mass is 10.1. The smallest absolute Gasteiger partial charge is 0.295 e. The second kappa shape index (κ2) is 6.04. The molecule has 3 aromatic rings. The zero-order valence-corrected chi connectivity index (χ0v) is 13.0. The van der Waals surface area contributed by atoms with Gasteiger partial charge in [0, 0.05) is 10.9 Å². The maximum atomic E-state index is 12.1. The number of aryl methyl sites for hydroxylation is 2. The van der Waals surface area contributed by atoms with Crippen LogP contribution >= 0.6 is 0 Å². The predicted molar refractivity (Wildman–Crippen MR) is 89.4 cm³/mol. The molecule has 5 nitrogen and oxygen atoms in total. The lowest BCUT2D eigenvalue weighted by Crippen LogP contribution is -1.92. The van der Waals surface area contributed by atoms with Gasteiger partial charge >= 0.3 is 0 Å². The van der Waals surface area contributed by atoms with Crippen LogP contribution in [0.3, 0.4) is 0 Å². The van der Waals surface area contributed by atoms with E-state index in [4.69, 9.17) is 0 Å². The molecule has 2 aromatic carbocycles. The van der Waals surface area contributed by atoms with E-state index in [9.17, 15) is 9.90 Å². The maximum Gasteiger partial charge on any atom is 0.295 e. The lowest BCUT2D eigenvalue weighted by molar-refractivity contribution is 0.0995. The quantitative estimate of drug-likeness (QED) is 0.690. The van der Waals surface area contributed by atoms with E-state index in [0.29, 0.717) is 5.56 Å². The van der Waals surface area contributed by atoms with E-state index in [1.54, 1.807) is 12.1 Å². The van der Waals surface area contributed by atoms with Crippen LogP contribution in [0.25, 0.3) is 10.9 Å². The van der Waals surface area contributed by atoms with Gasteiger partial charge < -0.3 is 10.1 Å². The molecule has 2 N–H and O–H groups in total. The summed E-state index contributed by atoms with van der Waals surface area (Å²) >= 11 is 0. The SMILES string of the molecule is CCc1ccc2[nH]c(O)c(N=NC(=O)c3ccc(C)cc3)c2c1. The van der Waals surface area contributed by atoms with Crippen LogP contribution in [-0.4, -0.2) is 16.0 Å². The summed E-state index contributed by atoms with van der Waals surface area (Å²) in [4.78, 5) is 14.9. The molecule has 116 valence electrons. The number of H-pyrrole nitrogens is 1. The van der Waals surface area contributed by atoms with Gasteiger partial charge in [-0.3, -0.25) is 4.79 Å². The van der Waals surface area contributed by atoms with Crippen molar-refractivity contribution in [1.82, 2.24) is 4.98 Å². The topological polar surface area (TPSA) is 77.8 Å². The Morgan fingerprint density at radius 2 is 1.91 bits per heavy atom. The van der Waals surface area contributed by atoms with Crippen LogP contribution < -0.4 is 0 Å². The van der Waals surface area contributed by atoms with Gasteiger partial charge in [0.1, 0.15) is 0 Å². The van der Waals surface area contributed by atoms with E-state index in [1.807, 2.05) is 37.3 Å². The van der Waals surface area contributed by atoms with Crippen molar-refractivity contribution in [3.63, 3.8) is 0 Å². The Balaban J connectivity index is 1.95. The molecule has 1 aromatic heterocycles. The number of aromatic hydroxyl groups is 1. The minimum Gasteiger partial charge on any atom is -0.493 e. The van der Waals surface area contributed by atoms with Gasteiger partial charge in [-0.1, -0.05) is 30.7 Å². The van der Waals surface area contributed by atoms with Crippen molar-refractivity contribution < 1.29 is 9.90 Å². The third-order valence-corrected chi connectivity index (χ3v) is 3.76. The number of carbonyl (C=O) groups is 1. The third-order valence-electron chi connectivity index (χ3n) is 3.76. The van der Waals surface area contributed by atoms with Crippen LogP contribution in [0.15, 0.2) is 52.7 Å². The van der Waals surface area contributed by atoms with Crippen LogP contribution in [0.4, 0.5) is 5.69 Å². The summed E-state index contributed by atoms with van der Waals surface area (Å²) in [6, 6.07) is 12.9. The summed E-state index contributed by atoms with van der Waals surface area (Å²) in [5.41, 5.74) is 3.71. The van der Waals surface area contributed by atoms with Crippen molar-refractivity contribution in [3.8, 4) is 5.88 Å². The van der Waals surface area contributed by atoms with Gasteiger partial charge in [-0.25, -0.2) is 0 Å². The van der Waals surface area contributed by atoms with E-state index >= 15 is 0 Å². The largest absolute Gasteiger partial charge is 0.493 e. The predicted octanol–water partition coefficient (Wildman–Crippen LogP) is 4.67. The van der Waals surface area contributed by atoms with E-state index in [1.165, 1.54) is 0 Å². The van der Waals surface area contributed by atoms with Gasteiger partial charge in [-0.05, 0) is 43.2 Å². The monoisotopic (exact) mass is 307 g/mol. The summed E-state index contributed by atoms with van der Waals surface area (Å²) in [5.74, 6) is -0.529. The second-order valence-electron chi connectivity index (χ2n) is 5.43. The van der Waals surface area contributed by atoms with Gasteiger partial charge in [0.15, 0.2) is 5.69 Å². The zero-order chi connectivity index (χ0) is 16.4. The standard InChI is InChI=1S/C18H17N3O2/c1-3-12-6-9-15-14(10-12)16(18(23)19-15)20-21-17(22)13-7-4-11(2)5-8-13/h4-10,19,23H,3H2,1-2H3. The van der Waals surface area contributed by atoms with Gasteiger partial charge in [0.25, 0.3) is 5.91 Å². The molecule has 0 saturated carbocycles. The number of rotatable bonds is 3. The van der Waals surface area contributed by atoms with Crippen molar-refractivity contribution >= 4 is 22.5 Å². The highest BCUT2D eigenvalue weighted by Gasteiger charge is 2.12. The van der Waals surface area contributed by atoms with Crippen molar-refractivity contribution in [3.05, 3.63) is 59.2 Å². The van der Waals surface area contributed by atoms with Crippen molar-refractivity contribution in [2.24, 2.45) is 10.2 Å². The fourth-order valence-corrected chi connectivity index (χ4v) is 2.38. The van der Waals surface area contributed by atoms with Gasteiger partial charge in [0.2, 0.25) is 5.88 Å². The number of azo groups is 1. The highest BCUT2D eigenvalue weighted by atomic mass is 16.3. The van der Waals surface area contributed by atoms with Crippen LogP contribution in [-0.2, 0) is 6.42 Å². The molecule has 0 fully saturated rings. The van der Waals surface area contributed by atoms with E-state index in [0.717, 1.165) is 28.5 Å². The van der Waals surface area contributed by atoms with Crippen molar-refractivity contribution in [2.75, 3.05) is 0 Å². The Kier molecular flexibility index (Phi) is 3.93. The summed E-state index contributed by atoms with van der Waals surface area (Å²) in [6.45, 7) is 4.00. The molecule has 0 aliphatic carbocycles.